The zero-order chi connectivity index (χ0) is 11.7. The van der Waals surface area contributed by atoms with Crippen LogP contribution in [0, 0.1) is 5.92 Å². The molecule has 1 atom stereocenters. The first kappa shape index (κ1) is 14.2. The molecule has 0 aliphatic heterocycles. The summed E-state index contributed by atoms with van der Waals surface area (Å²) in [6, 6.07) is 0. The van der Waals surface area contributed by atoms with Gasteiger partial charge in [-0.1, -0.05) is 6.92 Å². The van der Waals surface area contributed by atoms with Crippen LogP contribution in [0.2, 0.25) is 0 Å². The van der Waals surface area contributed by atoms with Crippen LogP contribution in [0.1, 0.15) is 26.7 Å². The minimum Gasteiger partial charge on any atom is -0.465 e. The summed E-state index contributed by atoms with van der Waals surface area (Å²) in [6.45, 7) is 3.95. The van der Waals surface area contributed by atoms with Crippen LogP contribution < -0.4 is 0 Å². The molecule has 88 valence electrons. The molecule has 0 radical (unpaired) electrons. The van der Waals surface area contributed by atoms with E-state index in [1.54, 1.807) is 13.8 Å². The van der Waals surface area contributed by atoms with Crippen molar-refractivity contribution in [2.75, 3.05) is 19.1 Å². The molecule has 0 aromatic rings. The minimum atomic E-state index is -0.805. The predicted molar refractivity (Wildman–Crippen MR) is 56.7 cm³/mol. The van der Waals surface area contributed by atoms with E-state index in [-0.39, 0.29) is 13.2 Å². The van der Waals surface area contributed by atoms with Crippen molar-refractivity contribution in [3.63, 3.8) is 0 Å². The second-order valence-corrected chi connectivity index (χ2v) is 3.30. The van der Waals surface area contributed by atoms with Crippen LogP contribution >= 0.6 is 11.6 Å². The van der Waals surface area contributed by atoms with Gasteiger partial charge >= 0.3 is 11.9 Å². The van der Waals surface area contributed by atoms with E-state index in [0.29, 0.717) is 18.7 Å². The molecule has 0 aromatic carbocycles. The van der Waals surface area contributed by atoms with E-state index in [2.05, 4.69) is 0 Å². The Morgan fingerprint density at radius 3 is 2.27 bits per heavy atom. The van der Waals surface area contributed by atoms with E-state index in [0.717, 1.165) is 0 Å². The number of ether oxygens (including phenoxy) is 2. The minimum absolute atomic E-state index is 0.248. The summed E-state index contributed by atoms with van der Waals surface area (Å²) >= 11 is 5.43. The smallest absolute Gasteiger partial charge is 0.320 e. The molecule has 0 fully saturated rings. The molecule has 0 bridgehead atoms. The van der Waals surface area contributed by atoms with Gasteiger partial charge in [-0.3, -0.25) is 9.59 Å². The van der Waals surface area contributed by atoms with Crippen LogP contribution in [0.5, 0.6) is 0 Å². The quantitative estimate of drug-likeness (QED) is 0.293. The Morgan fingerprint density at radius 1 is 1.20 bits per heavy atom. The Kier molecular flexibility index (Phi) is 8.09. The van der Waals surface area contributed by atoms with Crippen molar-refractivity contribution in [2.24, 2.45) is 5.92 Å². The van der Waals surface area contributed by atoms with Crippen molar-refractivity contribution in [3.05, 3.63) is 0 Å². The van der Waals surface area contributed by atoms with Crippen LogP contribution in [0.15, 0.2) is 0 Å². The molecule has 15 heavy (non-hydrogen) atoms. The van der Waals surface area contributed by atoms with E-state index in [9.17, 15) is 9.59 Å². The highest BCUT2D eigenvalue weighted by Gasteiger charge is 2.27. The molecule has 0 N–H and O–H groups in total. The molecule has 0 rings (SSSR count). The van der Waals surface area contributed by atoms with Gasteiger partial charge in [-0.15, -0.1) is 11.6 Å². The third-order valence-electron chi connectivity index (χ3n) is 1.79. The van der Waals surface area contributed by atoms with E-state index in [1.807, 2.05) is 0 Å². The highest BCUT2D eigenvalue weighted by atomic mass is 35.5. The first-order chi connectivity index (χ1) is 7.17. The number of rotatable bonds is 7. The van der Waals surface area contributed by atoms with E-state index in [1.165, 1.54) is 0 Å². The van der Waals surface area contributed by atoms with Crippen LogP contribution in [0.25, 0.3) is 0 Å². The Morgan fingerprint density at radius 2 is 1.80 bits per heavy atom. The zero-order valence-corrected chi connectivity index (χ0v) is 9.88. The van der Waals surface area contributed by atoms with E-state index >= 15 is 0 Å². The van der Waals surface area contributed by atoms with E-state index in [4.69, 9.17) is 21.1 Å². The Hall–Kier alpha value is -0.770. The molecule has 0 amide bonds. The Balaban J connectivity index is 4.03. The van der Waals surface area contributed by atoms with Gasteiger partial charge in [-0.2, -0.15) is 0 Å². The molecule has 0 aromatic heterocycles. The van der Waals surface area contributed by atoms with Crippen molar-refractivity contribution in [1.82, 2.24) is 0 Å². The zero-order valence-electron chi connectivity index (χ0n) is 9.12. The van der Waals surface area contributed by atoms with Gasteiger partial charge in [0.2, 0.25) is 0 Å². The molecule has 4 nitrogen and oxygen atoms in total. The van der Waals surface area contributed by atoms with Crippen molar-refractivity contribution in [3.8, 4) is 0 Å². The van der Waals surface area contributed by atoms with Crippen molar-refractivity contribution >= 4 is 23.5 Å². The number of carbonyl (C=O) groups is 2. The summed E-state index contributed by atoms with van der Waals surface area (Å²) in [4.78, 5) is 22.7. The summed E-state index contributed by atoms with van der Waals surface area (Å²) < 4.78 is 9.64. The number of hydrogen-bond donors (Lipinski definition) is 0. The van der Waals surface area contributed by atoms with Gasteiger partial charge in [0.05, 0.1) is 13.2 Å². The Labute approximate surface area is 94.9 Å². The fraction of sp³-hybridized carbons (Fsp3) is 0.800. The van der Waals surface area contributed by atoms with Gasteiger partial charge in [-0.05, 0) is 19.8 Å². The number of carbonyl (C=O) groups excluding carboxylic acids is 2. The van der Waals surface area contributed by atoms with Crippen molar-refractivity contribution < 1.29 is 19.1 Å². The van der Waals surface area contributed by atoms with Crippen LogP contribution in [0.3, 0.4) is 0 Å². The van der Waals surface area contributed by atoms with Crippen molar-refractivity contribution in [1.29, 1.82) is 0 Å². The lowest BCUT2D eigenvalue weighted by atomic mass is 10.1. The normalized spacial score (nSPS) is 11.9. The van der Waals surface area contributed by atoms with Crippen LogP contribution in [0.4, 0.5) is 0 Å². The SMILES string of the molecule is CCOC(=O)C(CC)C(=O)OCCCCl. The van der Waals surface area contributed by atoms with Gasteiger partial charge in [0.1, 0.15) is 0 Å². The maximum absolute atomic E-state index is 11.4. The first-order valence-electron chi connectivity index (χ1n) is 5.06. The molecule has 0 saturated heterocycles. The number of hydrogen-bond acceptors (Lipinski definition) is 4. The third kappa shape index (κ3) is 5.62. The average molecular weight is 237 g/mol. The number of alkyl halides is 1. The molecule has 1 unspecified atom stereocenters. The monoisotopic (exact) mass is 236 g/mol. The highest BCUT2D eigenvalue weighted by molar-refractivity contribution is 6.17. The van der Waals surface area contributed by atoms with Gasteiger partial charge < -0.3 is 9.47 Å². The molecule has 0 aliphatic carbocycles. The van der Waals surface area contributed by atoms with Crippen molar-refractivity contribution in [2.45, 2.75) is 26.7 Å². The van der Waals surface area contributed by atoms with Gasteiger partial charge in [-0.25, -0.2) is 0 Å². The lowest BCUT2D eigenvalue weighted by Crippen LogP contribution is -2.27. The fourth-order valence-corrected chi connectivity index (χ4v) is 1.11. The summed E-state index contributed by atoms with van der Waals surface area (Å²) in [5.41, 5.74) is 0. The second kappa shape index (κ2) is 8.53. The topological polar surface area (TPSA) is 52.6 Å². The largest absolute Gasteiger partial charge is 0.465 e. The molecule has 0 spiro atoms. The lowest BCUT2D eigenvalue weighted by molar-refractivity contribution is -0.161. The molecule has 5 heteroatoms. The van der Waals surface area contributed by atoms with Crippen LogP contribution in [-0.2, 0) is 19.1 Å². The molecule has 0 aliphatic rings. The van der Waals surface area contributed by atoms with Gasteiger partial charge in [0.25, 0.3) is 0 Å². The first-order valence-corrected chi connectivity index (χ1v) is 5.60. The molecule has 0 heterocycles. The Bertz CT molecular complexity index is 206. The second-order valence-electron chi connectivity index (χ2n) is 2.92. The average Bonchev–Trinajstić information content (AvgIpc) is 2.19. The molecular weight excluding hydrogens is 220 g/mol. The summed E-state index contributed by atoms with van der Waals surface area (Å²) in [5.74, 6) is -1.42. The van der Waals surface area contributed by atoms with Gasteiger partial charge in [0.15, 0.2) is 5.92 Å². The lowest BCUT2D eigenvalue weighted by Gasteiger charge is -2.12. The van der Waals surface area contributed by atoms with E-state index < -0.39 is 17.9 Å². The van der Waals surface area contributed by atoms with Gasteiger partial charge in [0, 0.05) is 5.88 Å². The number of halogens is 1. The summed E-state index contributed by atoms with van der Waals surface area (Å²) in [6.07, 6.45) is 0.977. The molecule has 0 saturated carbocycles. The maximum Gasteiger partial charge on any atom is 0.320 e. The summed E-state index contributed by atoms with van der Waals surface area (Å²) in [7, 11) is 0. The van der Waals surface area contributed by atoms with Crippen LogP contribution in [-0.4, -0.2) is 31.0 Å². The molecular formula is C10H17ClO4. The number of esters is 2. The predicted octanol–water partition coefficient (Wildman–Crippen LogP) is 1.75. The standard InChI is InChI=1S/C10H17ClO4/c1-3-8(9(12)14-4-2)10(13)15-7-5-6-11/h8H,3-7H2,1-2H3. The highest BCUT2D eigenvalue weighted by Crippen LogP contribution is 2.08. The summed E-state index contributed by atoms with van der Waals surface area (Å²) in [5, 5.41) is 0. The maximum atomic E-state index is 11.4. The fourth-order valence-electron chi connectivity index (χ4n) is 1.00. The third-order valence-corrected chi connectivity index (χ3v) is 2.05.